The van der Waals surface area contributed by atoms with Crippen LogP contribution < -0.4 is 5.32 Å². The van der Waals surface area contributed by atoms with E-state index < -0.39 is 12.0 Å². The summed E-state index contributed by atoms with van der Waals surface area (Å²) in [5.74, 6) is 1.85. The Kier molecular flexibility index (Phi) is 3.78. The van der Waals surface area contributed by atoms with E-state index in [1.807, 2.05) is 5.92 Å². The van der Waals surface area contributed by atoms with Crippen molar-refractivity contribution < 1.29 is 9.90 Å². The van der Waals surface area contributed by atoms with Gasteiger partial charge in [0, 0.05) is 6.54 Å². The fraction of sp³-hybridized carbons (Fsp3) is 0.700. The molecule has 0 aliphatic heterocycles. The molecule has 1 saturated carbocycles. The van der Waals surface area contributed by atoms with Crippen molar-refractivity contribution >= 4 is 5.91 Å². The van der Waals surface area contributed by atoms with Gasteiger partial charge < -0.3 is 10.4 Å². The number of rotatable bonds is 3. The van der Waals surface area contributed by atoms with Crippen molar-refractivity contribution in [2.45, 2.75) is 31.8 Å². The lowest BCUT2D eigenvalue weighted by molar-refractivity contribution is -0.116. The SMILES string of the molecule is C#CC(=O)NCC(O)C1CCCC1. The first kappa shape index (κ1) is 10.1. The zero-order valence-electron chi connectivity index (χ0n) is 7.62. The average Bonchev–Trinajstić information content (AvgIpc) is 2.66. The van der Waals surface area contributed by atoms with Crippen molar-refractivity contribution in [1.82, 2.24) is 5.32 Å². The summed E-state index contributed by atoms with van der Waals surface area (Å²) in [6.45, 7) is 0.285. The Morgan fingerprint density at radius 3 is 2.77 bits per heavy atom. The Morgan fingerprint density at radius 2 is 2.23 bits per heavy atom. The molecule has 0 bridgehead atoms. The zero-order valence-corrected chi connectivity index (χ0v) is 7.62. The highest BCUT2D eigenvalue weighted by Crippen LogP contribution is 2.27. The van der Waals surface area contributed by atoms with E-state index in [4.69, 9.17) is 6.42 Å². The smallest absolute Gasteiger partial charge is 0.295 e. The normalized spacial score (nSPS) is 19.4. The Bertz CT molecular complexity index is 213. The van der Waals surface area contributed by atoms with Gasteiger partial charge in [0.05, 0.1) is 6.10 Å². The first-order valence-electron chi connectivity index (χ1n) is 4.66. The van der Waals surface area contributed by atoms with Gasteiger partial charge in [-0.05, 0) is 24.7 Å². The van der Waals surface area contributed by atoms with Crippen molar-refractivity contribution in [3.63, 3.8) is 0 Å². The molecule has 0 aromatic heterocycles. The van der Waals surface area contributed by atoms with Crippen LogP contribution in [0.5, 0.6) is 0 Å². The van der Waals surface area contributed by atoms with Crippen LogP contribution in [-0.2, 0) is 4.79 Å². The van der Waals surface area contributed by atoms with Gasteiger partial charge in [-0.1, -0.05) is 12.8 Å². The van der Waals surface area contributed by atoms with Crippen LogP contribution in [0.1, 0.15) is 25.7 Å². The first-order valence-corrected chi connectivity index (χ1v) is 4.66. The van der Waals surface area contributed by atoms with Gasteiger partial charge in [-0.25, -0.2) is 0 Å². The number of amides is 1. The second-order valence-electron chi connectivity index (χ2n) is 3.47. The molecule has 3 nitrogen and oxygen atoms in total. The van der Waals surface area contributed by atoms with E-state index in [9.17, 15) is 9.90 Å². The molecule has 72 valence electrons. The van der Waals surface area contributed by atoms with Gasteiger partial charge in [0.15, 0.2) is 0 Å². The van der Waals surface area contributed by atoms with Crippen molar-refractivity contribution in [1.29, 1.82) is 0 Å². The summed E-state index contributed by atoms with van der Waals surface area (Å²) in [5.41, 5.74) is 0. The van der Waals surface area contributed by atoms with Gasteiger partial charge in [0.1, 0.15) is 0 Å². The van der Waals surface area contributed by atoms with E-state index in [0.29, 0.717) is 5.92 Å². The molecule has 1 aliphatic carbocycles. The van der Waals surface area contributed by atoms with Gasteiger partial charge in [0.2, 0.25) is 0 Å². The third-order valence-corrected chi connectivity index (χ3v) is 2.55. The largest absolute Gasteiger partial charge is 0.391 e. The molecular formula is C10H15NO2. The number of aliphatic hydroxyl groups is 1. The number of terminal acetylenes is 1. The molecule has 3 heteroatoms. The molecule has 1 aliphatic rings. The van der Waals surface area contributed by atoms with Crippen molar-refractivity contribution in [3.8, 4) is 12.3 Å². The molecule has 1 rings (SSSR count). The van der Waals surface area contributed by atoms with Gasteiger partial charge in [-0.2, -0.15) is 0 Å². The third kappa shape index (κ3) is 3.08. The first-order chi connectivity index (χ1) is 6.24. The minimum absolute atomic E-state index is 0.285. The summed E-state index contributed by atoms with van der Waals surface area (Å²) in [6, 6.07) is 0. The molecule has 0 radical (unpaired) electrons. The van der Waals surface area contributed by atoms with Gasteiger partial charge >= 0.3 is 0 Å². The predicted molar refractivity (Wildman–Crippen MR) is 49.8 cm³/mol. The molecule has 0 saturated heterocycles. The number of aliphatic hydroxyl groups excluding tert-OH is 1. The number of nitrogens with one attached hydrogen (secondary N) is 1. The van der Waals surface area contributed by atoms with Gasteiger partial charge in [0.25, 0.3) is 5.91 Å². The predicted octanol–water partition coefficient (Wildman–Crippen LogP) is 0.287. The van der Waals surface area contributed by atoms with E-state index in [0.717, 1.165) is 12.8 Å². The third-order valence-electron chi connectivity index (χ3n) is 2.55. The summed E-state index contributed by atoms with van der Waals surface area (Å²) in [6.07, 6.45) is 8.93. The van der Waals surface area contributed by atoms with E-state index in [1.165, 1.54) is 12.8 Å². The summed E-state index contributed by atoms with van der Waals surface area (Å²) in [5, 5.41) is 12.1. The number of carbonyl (C=O) groups is 1. The highest BCUT2D eigenvalue weighted by atomic mass is 16.3. The number of hydrogen-bond acceptors (Lipinski definition) is 2. The van der Waals surface area contributed by atoms with Crippen LogP contribution in [0.3, 0.4) is 0 Å². The highest BCUT2D eigenvalue weighted by Gasteiger charge is 2.22. The van der Waals surface area contributed by atoms with Crippen LogP contribution in [0.2, 0.25) is 0 Å². The van der Waals surface area contributed by atoms with Gasteiger partial charge in [-0.15, -0.1) is 6.42 Å². The maximum absolute atomic E-state index is 10.7. The zero-order chi connectivity index (χ0) is 9.68. The molecule has 1 fully saturated rings. The van der Waals surface area contributed by atoms with Crippen LogP contribution in [-0.4, -0.2) is 23.7 Å². The summed E-state index contributed by atoms with van der Waals surface area (Å²) in [7, 11) is 0. The quantitative estimate of drug-likeness (QED) is 0.615. The van der Waals surface area contributed by atoms with E-state index >= 15 is 0 Å². The van der Waals surface area contributed by atoms with Crippen LogP contribution in [0.4, 0.5) is 0 Å². The topological polar surface area (TPSA) is 49.3 Å². The maximum atomic E-state index is 10.7. The lowest BCUT2D eigenvalue weighted by atomic mass is 10.0. The van der Waals surface area contributed by atoms with Crippen molar-refractivity contribution in [3.05, 3.63) is 0 Å². The maximum Gasteiger partial charge on any atom is 0.295 e. The molecule has 1 amide bonds. The van der Waals surface area contributed by atoms with Crippen LogP contribution in [0, 0.1) is 18.3 Å². The fourth-order valence-electron chi connectivity index (χ4n) is 1.76. The fourth-order valence-corrected chi connectivity index (χ4v) is 1.76. The molecule has 0 spiro atoms. The molecule has 0 aromatic carbocycles. The standard InChI is InChI=1S/C10H15NO2/c1-2-10(13)11-7-9(12)8-5-3-4-6-8/h1,8-9,12H,3-7H2,(H,11,13). The lowest BCUT2D eigenvalue weighted by Crippen LogP contribution is -2.34. The monoisotopic (exact) mass is 181 g/mol. The number of carbonyl (C=O) groups excluding carboxylic acids is 1. The van der Waals surface area contributed by atoms with Crippen LogP contribution >= 0.6 is 0 Å². The Hall–Kier alpha value is -1.01. The molecule has 0 aromatic rings. The molecule has 1 atom stereocenters. The second-order valence-corrected chi connectivity index (χ2v) is 3.47. The van der Waals surface area contributed by atoms with Crippen LogP contribution in [0.25, 0.3) is 0 Å². The minimum Gasteiger partial charge on any atom is -0.391 e. The Morgan fingerprint density at radius 1 is 1.62 bits per heavy atom. The summed E-state index contributed by atoms with van der Waals surface area (Å²) < 4.78 is 0. The minimum atomic E-state index is -0.447. The molecule has 2 N–H and O–H groups in total. The second kappa shape index (κ2) is 4.88. The Labute approximate surface area is 78.5 Å². The molecular weight excluding hydrogens is 166 g/mol. The van der Waals surface area contributed by atoms with E-state index in [1.54, 1.807) is 0 Å². The summed E-state index contributed by atoms with van der Waals surface area (Å²) >= 11 is 0. The lowest BCUT2D eigenvalue weighted by Gasteiger charge is -2.16. The summed E-state index contributed by atoms with van der Waals surface area (Å²) in [4.78, 5) is 10.7. The molecule has 1 unspecified atom stereocenters. The van der Waals surface area contributed by atoms with Gasteiger partial charge in [-0.3, -0.25) is 4.79 Å². The van der Waals surface area contributed by atoms with E-state index in [2.05, 4.69) is 5.32 Å². The molecule has 13 heavy (non-hydrogen) atoms. The van der Waals surface area contributed by atoms with Crippen LogP contribution in [0.15, 0.2) is 0 Å². The van der Waals surface area contributed by atoms with Crippen molar-refractivity contribution in [2.24, 2.45) is 5.92 Å². The van der Waals surface area contributed by atoms with Crippen molar-refractivity contribution in [2.75, 3.05) is 6.54 Å². The average molecular weight is 181 g/mol. The van der Waals surface area contributed by atoms with E-state index in [-0.39, 0.29) is 6.54 Å². The Balaban J connectivity index is 2.21. The number of hydrogen-bond donors (Lipinski definition) is 2. The molecule has 0 heterocycles. The highest BCUT2D eigenvalue weighted by molar-refractivity contribution is 5.92.